The van der Waals surface area contributed by atoms with E-state index in [1.807, 2.05) is 55.5 Å². The highest BCUT2D eigenvalue weighted by Crippen LogP contribution is 2.15. The van der Waals surface area contributed by atoms with Gasteiger partial charge in [-0.05, 0) is 12.1 Å². The van der Waals surface area contributed by atoms with E-state index in [4.69, 9.17) is 0 Å². The average molecular weight is 347 g/mol. The van der Waals surface area contributed by atoms with E-state index >= 15 is 0 Å². The minimum Gasteiger partial charge on any atom is -0.350 e. The molecule has 0 saturated heterocycles. The molecule has 5 nitrogen and oxygen atoms in total. The first-order valence-corrected chi connectivity index (χ1v) is 8.68. The highest BCUT2D eigenvalue weighted by Gasteiger charge is 2.10. The van der Waals surface area contributed by atoms with Gasteiger partial charge in [0.1, 0.15) is 5.82 Å². The van der Waals surface area contributed by atoms with Gasteiger partial charge in [0.2, 0.25) is 0 Å². The number of hydrogen-bond acceptors (Lipinski definition) is 3. The first kappa shape index (κ1) is 17.6. The van der Waals surface area contributed by atoms with E-state index in [9.17, 15) is 9.59 Å². The summed E-state index contributed by atoms with van der Waals surface area (Å²) in [4.78, 5) is 29.3. The molecule has 1 heterocycles. The van der Waals surface area contributed by atoms with Crippen molar-refractivity contribution in [2.24, 2.45) is 0 Å². The lowest BCUT2D eigenvalue weighted by Crippen LogP contribution is -2.32. The number of rotatable bonds is 6. The minimum atomic E-state index is -0.148. The van der Waals surface area contributed by atoms with Crippen molar-refractivity contribution < 1.29 is 4.79 Å². The zero-order valence-corrected chi connectivity index (χ0v) is 14.7. The van der Waals surface area contributed by atoms with Crippen LogP contribution in [-0.4, -0.2) is 22.0 Å². The van der Waals surface area contributed by atoms with E-state index < -0.39 is 0 Å². The molecule has 0 fully saturated rings. The lowest BCUT2D eigenvalue weighted by Gasteiger charge is -2.13. The Labute approximate surface area is 152 Å². The Morgan fingerprint density at radius 3 is 2.35 bits per heavy atom. The number of benzene rings is 2. The topological polar surface area (TPSA) is 64.0 Å². The maximum absolute atomic E-state index is 12.5. The molecule has 5 heteroatoms. The summed E-state index contributed by atoms with van der Waals surface area (Å²) in [7, 11) is 0. The molecule has 0 radical (unpaired) electrons. The third kappa shape index (κ3) is 4.06. The van der Waals surface area contributed by atoms with Crippen LogP contribution in [0.4, 0.5) is 0 Å². The molecule has 0 aliphatic carbocycles. The summed E-state index contributed by atoms with van der Waals surface area (Å²) in [5.41, 5.74) is 2.10. The fraction of sp³-hybridized carbons (Fsp3) is 0.190. The third-order valence-electron chi connectivity index (χ3n) is 4.13. The summed E-state index contributed by atoms with van der Waals surface area (Å²) in [5.74, 6) is 0.566. The van der Waals surface area contributed by atoms with Crippen molar-refractivity contribution in [1.82, 2.24) is 14.9 Å². The Bertz CT molecular complexity index is 934. The number of nitrogens with one attached hydrogen (secondary N) is 1. The molecule has 0 atom stereocenters. The van der Waals surface area contributed by atoms with E-state index in [2.05, 4.69) is 10.3 Å². The van der Waals surface area contributed by atoms with E-state index in [1.165, 1.54) is 0 Å². The summed E-state index contributed by atoms with van der Waals surface area (Å²) in [6.45, 7) is 2.73. The van der Waals surface area contributed by atoms with Crippen molar-refractivity contribution in [2.45, 2.75) is 19.9 Å². The van der Waals surface area contributed by atoms with Gasteiger partial charge < -0.3 is 5.32 Å². The summed E-state index contributed by atoms with van der Waals surface area (Å²) in [6.07, 6.45) is 0.641. The zero-order valence-electron chi connectivity index (χ0n) is 14.7. The van der Waals surface area contributed by atoms with E-state index in [1.54, 1.807) is 22.8 Å². The second-order valence-electron chi connectivity index (χ2n) is 5.89. The molecule has 3 aromatic rings. The molecule has 132 valence electrons. The number of hydrogen-bond donors (Lipinski definition) is 1. The monoisotopic (exact) mass is 347 g/mol. The van der Waals surface area contributed by atoms with Gasteiger partial charge in [0, 0.05) is 36.7 Å². The summed E-state index contributed by atoms with van der Waals surface area (Å²) < 4.78 is 1.62. The molecule has 0 aliphatic rings. The summed E-state index contributed by atoms with van der Waals surface area (Å²) in [6, 6.07) is 20.2. The van der Waals surface area contributed by atoms with Gasteiger partial charge in [-0.25, -0.2) is 4.98 Å². The molecule has 0 unspecified atom stereocenters. The van der Waals surface area contributed by atoms with E-state index in [0.717, 1.165) is 5.56 Å². The van der Waals surface area contributed by atoms with Crippen LogP contribution in [0.5, 0.6) is 0 Å². The lowest BCUT2D eigenvalue weighted by molar-refractivity contribution is 0.0952. The van der Waals surface area contributed by atoms with Gasteiger partial charge in [-0.15, -0.1) is 0 Å². The van der Waals surface area contributed by atoms with Crippen LogP contribution in [0.2, 0.25) is 0 Å². The number of nitrogens with zero attached hydrogens (tertiary/aromatic N) is 2. The van der Waals surface area contributed by atoms with Crippen LogP contribution in [0.3, 0.4) is 0 Å². The van der Waals surface area contributed by atoms with Crippen LogP contribution in [0, 0.1) is 0 Å². The number of aryl methyl sites for hydroxylation is 1. The molecule has 0 bridgehead atoms. The highest BCUT2D eigenvalue weighted by atomic mass is 16.1. The lowest BCUT2D eigenvalue weighted by atomic mass is 10.1. The van der Waals surface area contributed by atoms with Crippen molar-refractivity contribution in [3.8, 4) is 11.3 Å². The minimum absolute atomic E-state index is 0.107. The molecule has 0 saturated carbocycles. The Balaban J connectivity index is 1.74. The molecular formula is C21H21N3O2. The summed E-state index contributed by atoms with van der Waals surface area (Å²) in [5, 5.41) is 2.85. The fourth-order valence-corrected chi connectivity index (χ4v) is 2.79. The Kier molecular flexibility index (Phi) is 5.59. The predicted molar refractivity (Wildman–Crippen MR) is 102 cm³/mol. The first-order valence-electron chi connectivity index (χ1n) is 8.68. The smallest absolute Gasteiger partial charge is 0.254 e. The number of carbonyl (C=O) groups excluding carboxylic acids is 1. The standard InChI is InChI=1S/C21H21N3O2/c1-2-19-23-18(16-9-5-3-6-10-16)15-20(25)24(19)14-13-22-21(26)17-11-7-4-8-12-17/h3-12,15H,2,13-14H2,1H3,(H,22,26). The van der Waals surface area contributed by atoms with Crippen molar-refractivity contribution in [3.05, 3.63) is 88.5 Å². The highest BCUT2D eigenvalue weighted by molar-refractivity contribution is 5.94. The van der Waals surface area contributed by atoms with Crippen LogP contribution >= 0.6 is 0 Å². The number of carbonyl (C=O) groups is 1. The summed E-state index contributed by atoms with van der Waals surface area (Å²) >= 11 is 0. The predicted octanol–water partition coefficient (Wildman–Crippen LogP) is 2.90. The van der Waals surface area contributed by atoms with Gasteiger partial charge in [-0.3, -0.25) is 14.2 Å². The molecule has 0 spiro atoms. The van der Waals surface area contributed by atoms with Gasteiger partial charge in [-0.2, -0.15) is 0 Å². The van der Waals surface area contributed by atoms with Crippen LogP contribution < -0.4 is 10.9 Å². The van der Waals surface area contributed by atoms with Crippen molar-refractivity contribution in [1.29, 1.82) is 0 Å². The van der Waals surface area contributed by atoms with Crippen LogP contribution in [-0.2, 0) is 13.0 Å². The van der Waals surface area contributed by atoms with Crippen LogP contribution in [0.15, 0.2) is 71.5 Å². The second kappa shape index (κ2) is 8.25. The Morgan fingerprint density at radius 2 is 1.69 bits per heavy atom. The largest absolute Gasteiger partial charge is 0.350 e. The van der Waals surface area contributed by atoms with E-state index in [-0.39, 0.29) is 11.5 Å². The molecule has 0 aliphatic heterocycles. The molecule has 1 N–H and O–H groups in total. The van der Waals surface area contributed by atoms with Gasteiger partial charge in [0.15, 0.2) is 0 Å². The zero-order chi connectivity index (χ0) is 18.4. The second-order valence-corrected chi connectivity index (χ2v) is 5.89. The van der Waals surface area contributed by atoms with Gasteiger partial charge in [0.05, 0.1) is 5.69 Å². The number of aromatic nitrogens is 2. The molecular weight excluding hydrogens is 326 g/mol. The molecule has 26 heavy (non-hydrogen) atoms. The van der Waals surface area contributed by atoms with Gasteiger partial charge >= 0.3 is 0 Å². The van der Waals surface area contributed by atoms with Crippen molar-refractivity contribution in [3.63, 3.8) is 0 Å². The fourth-order valence-electron chi connectivity index (χ4n) is 2.79. The van der Waals surface area contributed by atoms with Gasteiger partial charge in [0.25, 0.3) is 11.5 Å². The molecule has 1 amide bonds. The molecule has 2 aromatic carbocycles. The Hall–Kier alpha value is -3.21. The molecule has 1 aromatic heterocycles. The van der Waals surface area contributed by atoms with E-state index in [0.29, 0.717) is 36.6 Å². The first-order chi connectivity index (χ1) is 12.7. The van der Waals surface area contributed by atoms with Gasteiger partial charge in [-0.1, -0.05) is 55.5 Å². The Morgan fingerprint density at radius 1 is 1.04 bits per heavy atom. The maximum Gasteiger partial charge on any atom is 0.254 e. The van der Waals surface area contributed by atoms with Crippen LogP contribution in [0.25, 0.3) is 11.3 Å². The number of amides is 1. The van der Waals surface area contributed by atoms with Crippen molar-refractivity contribution in [2.75, 3.05) is 6.54 Å². The molecule has 3 rings (SSSR count). The van der Waals surface area contributed by atoms with Crippen molar-refractivity contribution >= 4 is 5.91 Å². The quantitative estimate of drug-likeness (QED) is 0.746. The third-order valence-corrected chi connectivity index (χ3v) is 4.13. The maximum atomic E-state index is 12.5. The SMILES string of the molecule is CCc1nc(-c2ccccc2)cc(=O)n1CCNC(=O)c1ccccc1. The van der Waals surface area contributed by atoms with Crippen LogP contribution in [0.1, 0.15) is 23.1 Å². The average Bonchev–Trinajstić information content (AvgIpc) is 2.70. The normalized spacial score (nSPS) is 10.5.